The van der Waals surface area contributed by atoms with Crippen LogP contribution < -0.4 is 20.5 Å². The summed E-state index contributed by atoms with van der Waals surface area (Å²) in [5, 5.41) is 8.63. The summed E-state index contributed by atoms with van der Waals surface area (Å²) in [4.78, 5) is 4.99. The van der Waals surface area contributed by atoms with Crippen molar-refractivity contribution in [3.63, 3.8) is 0 Å². The lowest BCUT2D eigenvalue weighted by molar-refractivity contribution is 0.669. The second kappa shape index (κ2) is 13.0. The van der Waals surface area contributed by atoms with Crippen LogP contribution in [-0.4, -0.2) is 8.80 Å². The normalized spacial score (nSPS) is 14.0. The van der Waals surface area contributed by atoms with Crippen LogP contribution in [0.4, 0.5) is 17.1 Å². The van der Waals surface area contributed by atoms with E-state index < -0.39 is 14.2 Å². The van der Waals surface area contributed by atoms with Gasteiger partial charge >= 0.3 is 0 Å². The molecule has 4 heterocycles. The van der Waals surface area contributed by atoms with Gasteiger partial charge < -0.3 is 13.7 Å². The first-order valence-electron chi connectivity index (χ1n) is 20.4. The van der Waals surface area contributed by atoms with E-state index in [1.165, 1.54) is 47.6 Å². The average molecular weight is 801 g/mol. The molecule has 281 valence electrons. The molecule has 0 unspecified atom stereocenters. The van der Waals surface area contributed by atoms with E-state index in [4.69, 9.17) is 8.83 Å². The molecular formula is C55H34NO2SSi. The van der Waals surface area contributed by atoms with Gasteiger partial charge in [0.15, 0.2) is 8.80 Å². The van der Waals surface area contributed by atoms with Crippen LogP contribution in [0.15, 0.2) is 225 Å². The zero-order valence-electron chi connectivity index (χ0n) is 32.3. The third-order valence-electron chi connectivity index (χ3n) is 12.6. The highest BCUT2D eigenvalue weighted by Crippen LogP contribution is 2.56. The van der Waals surface area contributed by atoms with E-state index >= 15 is 0 Å². The van der Waals surface area contributed by atoms with Gasteiger partial charge in [-0.15, -0.1) is 0 Å². The lowest BCUT2D eigenvalue weighted by Gasteiger charge is -2.48. The van der Waals surface area contributed by atoms with Crippen molar-refractivity contribution in [1.82, 2.24) is 0 Å². The Morgan fingerprint density at radius 2 is 0.833 bits per heavy atom. The van der Waals surface area contributed by atoms with Crippen LogP contribution in [0.25, 0.3) is 43.9 Å². The molecule has 11 aromatic rings. The Labute approximate surface area is 352 Å². The van der Waals surface area contributed by atoms with Crippen LogP contribution >= 0.6 is 11.8 Å². The minimum atomic E-state index is -1.51. The summed E-state index contributed by atoms with van der Waals surface area (Å²) in [5.74, 6) is 0. The summed E-state index contributed by atoms with van der Waals surface area (Å²) in [6, 6.07) is 75.8. The highest BCUT2D eigenvalue weighted by Gasteiger charge is 2.51. The van der Waals surface area contributed by atoms with Crippen LogP contribution in [0.3, 0.4) is 0 Å². The number of furan rings is 2. The number of hydrogen-bond donors (Lipinski definition) is 0. The molecule has 1 radical (unpaired) electrons. The summed E-state index contributed by atoms with van der Waals surface area (Å²) < 4.78 is 13.1. The van der Waals surface area contributed by atoms with Crippen LogP contribution in [-0.2, 0) is 5.41 Å². The Morgan fingerprint density at radius 3 is 1.47 bits per heavy atom. The van der Waals surface area contributed by atoms with Crippen molar-refractivity contribution in [2.24, 2.45) is 0 Å². The molecule has 13 rings (SSSR count). The molecule has 0 atom stereocenters. The van der Waals surface area contributed by atoms with Crippen molar-refractivity contribution in [2.75, 3.05) is 4.90 Å². The summed E-state index contributed by atoms with van der Waals surface area (Å²) in [5.41, 5.74) is 11.5. The van der Waals surface area contributed by atoms with E-state index in [9.17, 15) is 0 Å². The lowest BCUT2D eigenvalue weighted by Crippen LogP contribution is -2.62. The third kappa shape index (κ3) is 4.79. The number of hydrogen-bond acceptors (Lipinski definition) is 4. The van der Waals surface area contributed by atoms with Gasteiger partial charge in [0.1, 0.15) is 22.3 Å². The van der Waals surface area contributed by atoms with E-state index in [1.54, 1.807) is 0 Å². The Morgan fingerprint density at radius 1 is 0.367 bits per heavy atom. The molecule has 0 saturated heterocycles. The molecule has 0 aliphatic carbocycles. The van der Waals surface area contributed by atoms with Crippen molar-refractivity contribution in [3.05, 3.63) is 229 Å². The predicted octanol–water partition coefficient (Wildman–Crippen LogP) is 12.6. The zero-order chi connectivity index (χ0) is 39.4. The molecule has 0 bridgehead atoms. The molecule has 0 saturated carbocycles. The van der Waals surface area contributed by atoms with Gasteiger partial charge in [-0.25, -0.2) is 0 Å². The van der Waals surface area contributed by atoms with Gasteiger partial charge in [0.25, 0.3) is 0 Å². The second-order valence-corrected chi connectivity index (χ2v) is 19.2. The molecule has 2 aromatic heterocycles. The topological polar surface area (TPSA) is 29.5 Å². The molecular weight excluding hydrogens is 767 g/mol. The third-order valence-corrected chi connectivity index (χ3v) is 16.6. The fourth-order valence-electron chi connectivity index (χ4n) is 10.2. The molecule has 5 heteroatoms. The van der Waals surface area contributed by atoms with Gasteiger partial charge in [-0.05, 0) is 93.3 Å². The molecule has 60 heavy (non-hydrogen) atoms. The van der Waals surface area contributed by atoms with E-state index in [-0.39, 0.29) is 0 Å². The van der Waals surface area contributed by atoms with Gasteiger partial charge in [0.05, 0.1) is 5.41 Å². The van der Waals surface area contributed by atoms with Crippen LogP contribution in [0.2, 0.25) is 0 Å². The predicted molar refractivity (Wildman–Crippen MR) is 249 cm³/mol. The largest absolute Gasteiger partial charge is 0.456 e. The molecule has 0 N–H and O–H groups in total. The summed E-state index contributed by atoms with van der Waals surface area (Å²) in [6.45, 7) is 0. The summed E-state index contributed by atoms with van der Waals surface area (Å²) in [7, 11) is -1.51. The van der Waals surface area contributed by atoms with Crippen molar-refractivity contribution >= 4 is 97.1 Å². The first-order valence-corrected chi connectivity index (χ1v) is 22.7. The first kappa shape index (κ1) is 33.9. The Kier molecular flexibility index (Phi) is 7.32. The van der Waals surface area contributed by atoms with Gasteiger partial charge in [-0.2, -0.15) is 0 Å². The van der Waals surface area contributed by atoms with Gasteiger partial charge in [0, 0.05) is 60.5 Å². The number of para-hydroxylation sites is 2. The van der Waals surface area contributed by atoms with Crippen molar-refractivity contribution in [2.45, 2.75) is 15.2 Å². The van der Waals surface area contributed by atoms with Crippen LogP contribution in [0.5, 0.6) is 0 Å². The standard InChI is InChI=1S/C55H34NO2SSi/c1-2-14-38(15-3-1)60-53-25-13-8-20-45(53)55(43-18-6-11-23-51(43)59-52-24-12-7-19-44(52)55)46-31-28-37(34-54(46)60)56(35-26-29-41-39-16-4-9-21-47(39)57-49(41)32-35)36-27-30-42-40-17-5-10-22-48(40)58-50(42)33-36/h1-34H. The molecule has 2 aliphatic heterocycles. The van der Waals surface area contributed by atoms with Gasteiger partial charge in [-0.1, -0.05) is 150 Å². The number of nitrogens with zero attached hydrogens (tertiary/aromatic N) is 1. The molecule has 0 fully saturated rings. The molecule has 0 amide bonds. The van der Waals surface area contributed by atoms with E-state index in [1.807, 2.05) is 36.0 Å². The maximum atomic E-state index is 6.53. The summed E-state index contributed by atoms with van der Waals surface area (Å²) in [6.07, 6.45) is 0. The monoisotopic (exact) mass is 800 g/mol. The molecule has 2 aliphatic rings. The Hall–Kier alpha value is -7.05. The fourth-order valence-corrected chi connectivity index (χ4v) is 14.4. The maximum absolute atomic E-state index is 6.53. The number of anilines is 3. The second-order valence-electron chi connectivity index (χ2n) is 15.8. The molecule has 3 nitrogen and oxygen atoms in total. The van der Waals surface area contributed by atoms with E-state index in [2.05, 4.69) is 187 Å². The zero-order valence-corrected chi connectivity index (χ0v) is 34.1. The van der Waals surface area contributed by atoms with Crippen molar-refractivity contribution < 1.29 is 8.83 Å². The Balaban J connectivity index is 1.11. The minimum Gasteiger partial charge on any atom is -0.456 e. The molecule has 9 aromatic carbocycles. The number of fused-ring (bicyclic) bond motifs is 14. The average Bonchev–Trinajstić information content (AvgIpc) is 3.87. The first-order chi connectivity index (χ1) is 29.7. The Bertz CT molecular complexity index is 3350. The number of rotatable bonds is 4. The van der Waals surface area contributed by atoms with Crippen LogP contribution in [0.1, 0.15) is 22.3 Å². The highest BCUT2D eigenvalue weighted by atomic mass is 32.2. The van der Waals surface area contributed by atoms with E-state index in [0.29, 0.717) is 0 Å². The van der Waals surface area contributed by atoms with Crippen molar-refractivity contribution in [3.8, 4) is 0 Å². The van der Waals surface area contributed by atoms with E-state index in [0.717, 1.165) is 60.9 Å². The molecule has 1 spiro atoms. The SMILES string of the molecule is c1ccc([Si]2c3ccccc3C3(c4ccccc4Sc4ccccc43)c3ccc(N(c4ccc5c(c4)oc4ccccc45)c4ccc5c(c4)oc4ccccc45)cc32)cc1. The van der Waals surface area contributed by atoms with Gasteiger partial charge in [-0.3, -0.25) is 0 Å². The smallest absolute Gasteiger partial charge is 0.155 e. The van der Waals surface area contributed by atoms with Crippen molar-refractivity contribution in [1.29, 1.82) is 0 Å². The lowest BCUT2D eigenvalue weighted by atomic mass is 9.64. The quantitative estimate of drug-likeness (QED) is 0.166. The van der Waals surface area contributed by atoms with Gasteiger partial charge in [0.2, 0.25) is 0 Å². The van der Waals surface area contributed by atoms with Crippen LogP contribution in [0, 0.1) is 0 Å². The minimum absolute atomic E-state index is 0.503. The highest BCUT2D eigenvalue weighted by molar-refractivity contribution is 7.99. The maximum Gasteiger partial charge on any atom is 0.155 e. The number of benzene rings is 9. The fraction of sp³-hybridized carbons (Fsp3) is 0.0182. The summed E-state index contributed by atoms with van der Waals surface area (Å²) >= 11 is 1.89.